The zero-order valence-electron chi connectivity index (χ0n) is 13.4. The van der Waals surface area contributed by atoms with Gasteiger partial charge in [0, 0.05) is 64.6 Å². The Morgan fingerprint density at radius 1 is 1.24 bits per heavy atom. The van der Waals surface area contributed by atoms with Crippen LogP contribution in [0.25, 0.3) is 0 Å². The molecule has 0 atom stereocenters. The van der Waals surface area contributed by atoms with E-state index in [0.29, 0.717) is 12.5 Å². The van der Waals surface area contributed by atoms with Gasteiger partial charge in [0.2, 0.25) is 5.91 Å². The number of carbonyl (C=O) groups is 1. The number of rotatable bonds is 6. The number of carbonyl (C=O) groups excluding carboxylic acids is 1. The molecule has 1 N–H and O–H groups in total. The van der Waals surface area contributed by atoms with Crippen LogP contribution in [0.2, 0.25) is 0 Å². The highest BCUT2D eigenvalue weighted by Gasteiger charge is 2.18. The topological polar surface area (TPSA) is 53.4 Å². The second-order valence-electron chi connectivity index (χ2n) is 5.92. The molecule has 1 aromatic rings. The lowest BCUT2D eigenvalue weighted by Crippen LogP contribution is -2.49. The fourth-order valence-corrected chi connectivity index (χ4v) is 2.71. The Morgan fingerprint density at radius 3 is 2.52 bits per heavy atom. The molecule has 0 radical (unpaired) electrons. The highest BCUT2D eigenvalue weighted by Crippen LogP contribution is 2.12. The molecule has 1 aliphatic heterocycles. The molecule has 1 amide bonds. The van der Waals surface area contributed by atoms with E-state index in [9.17, 15) is 4.79 Å². The van der Waals surface area contributed by atoms with Gasteiger partial charge in [-0.05, 0) is 0 Å². The summed E-state index contributed by atoms with van der Waals surface area (Å²) in [5.74, 6) is 1.72. The van der Waals surface area contributed by atoms with Crippen LogP contribution in [0.4, 0.5) is 0 Å². The van der Waals surface area contributed by atoms with Crippen LogP contribution in [-0.2, 0) is 11.3 Å². The van der Waals surface area contributed by atoms with Gasteiger partial charge in [-0.25, -0.2) is 4.98 Å². The van der Waals surface area contributed by atoms with Crippen molar-refractivity contribution in [2.45, 2.75) is 26.3 Å². The molecule has 118 valence electrons. The summed E-state index contributed by atoms with van der Waals surface area (Å²) in [6.45, 7) is 10.9. The Balaban J connectivity index is 1.74. The molecule has 6 heteroatoms. The minimum absolute atomic E-state index is 0.100. The van der Waals surface area contributed by atoms with Crippen LogP contribution in [0.1, 0.15) is 25.6 Å². The lowest BCUT2D eigenvalue weighted by atomic mass is 10.2. The second-order valence-corrected chi connectivity index (χ2v) is 5.92. The number of imidazole rings is 1. The second kappa shape index (κ2) is 7.56. The highest BCUT2D eigenvalue weighted by molar-refractivity contribution is 5.77. The summed E-state index contributed by atoms with van der Waals surface area (Å²) >= 11 is 0. The standard InChI is InChI=1S/C15H27N5O/c1-13(2)15-17-4-5-20(15)11-10-18-6-8-19(9-7-18)12-14(21)16-3/h4-5,13H,6-12H2,1-3H3,(H,16,21). The number of amides is 1. The minimum atomic E-state index is 0.100. The molecule has 0 aromatic carbocycles. The van der Waals surface area contributed by atoms with E-state index in [-0.39, 0.29) is 5.91 Å². The van der Waals surface area contributed by atoms with Crippen molar-refractivity contribution in [2.75, 3.05) is 46.3 Å². The maximum Gasteiger partial charge on any atom is 0.233 e. The first-order chi connectivity index (χ1) is 10.1. The molecule has 2 heterocycles. The number of piperazine rings is 1. The Labute approximate surface area is 127 Å². The maximum absolute atomic E-state index is 11.4. The Hall–Kier alpha value is -1.40. The van der Waals surface area contributed by atoms with Gasteiger partial charge in [0.1, 0.15) is 5.82 Å². The van der Waals surface area contributed by atoms with E-state index in [1.54, 1.807) is 7.05 Å². The molecule has 1 saturated heterocycles. The normalized spacial score (nSPS) is 17.3. The van der Waals surface area contributed by atoms with Gasteiger partial charge >= 0.3 is 0 Å². The summed E-state index contributed by atoms with van der Waals surface area (Å²) < 4.78 is 2.25. The van der Waals surface area contributed by atoms with Crippen LogP contribution in [0, 0.1) is 0 Å². The van der Waals surface area contributed by atoms with Crippen molar-refractivity contribution in [3.05, 3.63) is 18.2 Å². The van der Waals surface area contributed by atoms with Crippen molar-refractivity contribution in [1.29, 1.82) is 0 Å². The van der Waals surface area contributed by atoms with Gasteiger partial charge in [-0.15, -0.1) is 0 Å². The first-order valence-electron chi connectivity index (χ1n) is 7.76. The number of hydrogen-bond acceptors (Lipinski definition) is 4. The largest absolute Gasteiger partial charge is 0.358 e. The van der Waals surface area contributed by atoms with Crippen LogP contribution in [0.15, 0.2) is 12.4 Å². The van der Waals surface area contributed by atoms with Gasteiger partial charge < -0.3 is 9.88 Å². The zero-order valence-corrected chi connectivity index (χ0v) is 13.4. The van der Waals surface area contributed by atoms with Crippen molar-refractivity contribution in [2.24, 2.45) is 0 Å². The summed E-state index contributed by atoms with van der Waals surface area (Å²) in [4.78, 5) is 20.5. The van der Waals surface area contributed by atoms with Gasteiger partial charge in [0.25, 0.3) is 0 Å². The zero-order chi connectivity index (χ0) is 15.2. The number of aromatic nitrogens is 2. The third-order valence-corrected chi connectivity index (χ3v) is 4.03. The SMILES string of the molecule is CNC(=O)CN1CCN(CCn2ccnc2C(C)C)CC1. The molecule has 0 unspecified atom stereocenters. The van der Waals surface area contributed by atoms with Crippen LogP contribution < -0.4 is 5.32 Å². The van der Waals surface area contributed by atoms with Crippen molar-refractivity contribution in [3.8, 4) is 0 Å². The van der Waals surface area contributed by atoms with E-state index >= 15 is 0 Å². The molecular weight excluding hydrogens is 266 g/mol. The Morgan fingerprint density at radius 2 is 1.90 bits per heavy atom. The maximum atomic E-state index is 11.4. The van der Waals surface area contributed by atoms with Crippen molar-refractivity contribution in [3.63, 3.8) is 0 Å². The Bertz CT molecular complexity index is 449. The average molecular weight is 293 g/mol. The van der Waals surface area contributed by atoms with E-state index in [4.69, 9.17) is 0 Å². The smallest absolute Gasteiger partial charge is 0.233 e. The number of hydrogen-bond donors (Lipinski definition) is 1. The molecule has 0 spiro atoms. The summed E-state index contributed by atoms with van der Waals surface area (Å²) in [6.07, 6.45) is 3.95. The highest BCUT2D eigenvalue weighted by atomic mass is 16.1. The molecule has 0 aliphatic carbocycles. The van der Waals surface area contributed by atoms with Crippen LogP contribution in [0.5, 0.6) is 0 Å². The summed E-state index contributed by atoms with van der Waals surface area (Å²) in [5, 5.41) is 2.68. The number of nitrogens with one attached hydrogen (secondary N) is 1. The summed E-state index contributed by atoms with van der Waals surface area (Å²) in [7, 11) is 1.69. The van der Waals surface area contributed by atoms with Crippen molar-refractivity contribution in [1.82, 2.24) is 24.7 Å². The third-order valence-electron chi connectivity index (χ3n) is 4.03. The molecule has 0 bridgehead atoms. The monoisotopic (exact) mass is 293 g/mol. The van der Waals surface area contributed by atoms with Gasteiger partial charge in [-0.1, -0.05) is 13.8 Å². The number of likely N-dealkylation sites (N-methyl/N-ethyl adjacent to an activating group) is 1. The molecule has 1 aliphatic rings. The van der Waals surface area contributed by atoms with Crippen molar-refractivity contribution < 1.29 is 4.79 Å². The minimum Gasteiger partial charge on any atom is -0.358 e. The molecule has 6 nitrogen and oxygen atoms in total. The fourth-order valence-electron chi connectivity index (χ4n) is 2.71. The predicted octanol–water partition coefficient (Wildman–Crippen LogP) is 0.370. The van der Waals surface area contributed by atoms with Gasteiger partial charge in [0.05, 0.1) is 6.54 Å². The van der Waals surface area contributed by atoms with E-state index in [1.165, 1.54) is 0 Å². The molecule has 1 fully saturated rings. The molecule has 2 rings (SSSR count). The molecular formula is C15H27N5O. The molecule has 0 saturated carbocycles. The first kappa shape index (κ1) is 16.0. The van der Waals surface area contributed by atoms with Gasteiger partial charge in [0.15, 0.2) is 0 Å². The van der Waals surface area contributed by atoms with Crippen LogP contribution in [0.3, 0.4) is 0 Å². The van der Waals surface area contributed by atoms with Crippen LogP contribution in [-0.4, -0.2) is 71.6 Å². The van der Waals surface area contributed by atoms with E-state index in [1.807, 2.05) is 6.20 Å². The van der Waals surface area contributed by atoms with Crippen molar-refractivity contribution >= 4 is 5.91 Å². The molecule has 1 aromatic heterocycles. The average Bonchev–Trinajstić information content (AvgIpc) is 2.95. The third kappa shape index (κ3) is 4.54. The van der Waals surface area contributed by atoms with E-state index < -0.39 is 0 Å². The molecule has 21 heavy (non-hydrogen) atoms. The van der Waals surface area contributed by atoms with E-state index in [0.717, 1.165) is 45.1 Å². The predicted molar refractivity (Wildman–Crippen MR) is 83.3 cm³/mol. The number of nitrogens with zero attached hydrogens (tertiary/aromatic N) is 4. The van der Waals surface area contributed by atoms with Gasteiger partial charge in [-0.2, -0.15) is 0 Å². The quantitative estimate of drug-likeness (QED) is 0.823. The first-order valence-corrected chi connectivity index (χ1v) is 7.76. The summed E-state index contributed by atoms with van der Waals surface area (Å²) in [6, 6.07) is 0. The van der Waals surface area contributed by atoms with Gasteiger partial charge in [-0.3, -0.25) is 14.6 Å². The summed E-state index contributed by atoms with van der Waals surface area (Å²) in [5.41, 5.74) is 0. The lowest BCUT2D eigenvalue weighted by molar-refractivity contribution is -0.122. The van der Waals surface area contributed by atoms with E-state index in [2.05, 4.69) is 44.7 Å². The fraction of sp³-hybridized carbons (Fsp3) is 0.733. The van der Waals surface area contributed by atoms with Crippen LogP contribution >= 0.6 is 0 Å². The lowest BCUT2D eigenvalue weighted by Gasteiger charge is -2.34. The Kier molecular flexibility index (Phi) is 5.76.